The highest BCUT2D eigenvalue weighted by atomic mass is 32.2. The van der Waals surface area contributed by atoms with Gasteiger partial charge in [0.2, 0.25) is 22.7 Å². The number of sulfonamides is 1. The lowest BCUT2D eigenvalue weighted by Gasteiger charge is -2.15. The number of ether oxygens (including phenoxy) is 2. The lowest BCUT2D eigenvalue weighted by Crippen LogP contribution is -2.26. The van der Waals surface area contributed by atoms with Gasteiger partial charge in [-0.3, -0.25) is 9.59 Å². The maximum atomic E-state index is 12.7. The summed E-state index contributed by atoms with van der Waals surface area (Å²) in [5.74, 6) is 0.847. The zero-order valence-electron chi connectivity index (χ0n) is 19.2. The first-order valence-electron chi connectivity index (χ1n) is 10.9. The molecule has 4 rings (SSSR count). The van der Waals surface area contributed by atoms with E-state index in [-0.39, 0.29) is 36.1 Å². The van der Waals surface area contributed by atoms with Crippen molar-refractivity contribution in [3.05, 3.63) is 83.4 Å². The standard InChI is InChI=1S/C25H25N3O6S/c1-16(20-7-12-23-24(13-20)34-15-33-23)27-25(30)19-5-3-18(4-6-19)14-26-35(31,32)22-10-8-21(9-11-22)28-17(2)29/h3-13,16,26H,14-15H2,1-2H3,(H,27,30)(H,28,29)/t16-/m0/s1. The van der Waals surface area contributed by atoms with Gasteiger partial charge in [-0.05, 0) is 66.6 Å². The van der Waals surface area contributed by atoms with E-state index in [1.165, 1.54) is 31.2 Å². The second-order valence-electron chi connectivity index (χ2n) is 8.03. The molecule has 35 heavy (non-hydrogen) atoms. The van der Waals surface area contributed by atoms with Crippen molar-refractivity contribution in [1.82, 2.24) is 10.0 Å². The van der Waals surface area contributed by atoms with Crippen molar-refractivity contribution in [2.75, 3.05) is 12.1 Å². The van der Waals surface area contributed by atoms with Crippen molar-refractivity contribution in [1.29, 1.82) is 0 Å². The third-order valence-electron chi connectivity index (χ3n) is 5.41. The molecular formula is C25H25N3O6S. The summed E-state index contributed by atoms with van der Waals surface area (Å²) < 4.78 is 38.4. The van der Waals surface area contributed by atoms with E-state index in [4.69, 9.17) is 9.47 Å². The molecule has 9 nitrogen and oxygen atoms in total. The van der Waals surface area contributed by atoms with Gasteiger partial charge in [-0.15, -0.1) is 0 Å². The molecule has 1 aliphatic rings. The van der Waals surface area contributed by atoms with Crippen LogP contribution in [0.25, 0.3) is 0 Å². The summed E-state index contributed by atoms with van der Waals surface area (Å²) >= 11 is 0. The smallest absolute Gasteiger partial charge is 0.251 e. The predicted octanol–water partition coefficient (Wildman–Crippen LogP) is 3.34. The highest BCUT2D eigenvalue weighted by molar-refractivity contribution is 7.89. The minimum Gasteiger partial charge on any atom is -0.454 e. The average molecular weight is 496 g/mol. The summed E-state index contributed by atoms with van der Waals surface area (Å²) in [6.07, 6.45) is 0. The van der Waals surface area contributed by atoms with Crippen LogP contribution in [0.1, 0.15) is 41.4 Å². The predicted molar refractivity (Wildman–Crippen MR) is 130 cm³/mol. The van der Waals surface area contributed by atoms with Crippen LogP contribution in [-0.4, -0.2) is 27.0 Å². The Bertz CT molecular complexity index is 1340. The molecule has 1 heterocycles. The van der Waals surface area contributed by atoms with Crippen LogP contribution in [0.2, 0.25) is 0 Å². The number of rotatable bonds is 8. The van der Waals surface area contributed by atoms with E-state index in [1.807, 2.05) is 25.1 Å². The summed E-state index contributed by atoms with van der Waals surface area (Å²) in [7, 11) is -3.74. The van der Waals surface area contributed by atoms with Gasteiger partial charge < -0.3 is 20.1 Å². The number of carbonyl (C=O) groups is 2. The number of hydrogen-bond donors (Lipinski definition) is 3. The molecular weight excluding hydrogens is 470 g/mol. The number of hydrogen-bond acceptors (Lipinski definition) is 6. The van der Waals surface area contributed by atoms with Crippen LogP contribution in [0.5, 0.6) is 11.5 Å². The zero-order chi connectivity index (χ0) is 25.0. The van der Waals surface area contributed by atoms with Gasteiger partial charge in [0, 0.05) is 24.7 Å². The van der Waals surface area contributed by atoms with E-state index >= 15 is 0 Å². The van der Waals surface area contributed by atoms with Gasteiger partial charge in [0.25, 0.3) is 5.91 Å². The van der Waals surface area contributed by atoms with Crippen LogP contribution < -0.4 is 24.8 Å². The van der Waals surface area contributed by atoms with Gasteiger partial charge >= 0.3 is 0 Å². The van der Waals surface area contributed by atoms with Crippen LogP contribution in [0, 0.1) is 0 Å². The van der Waals surface area contributed by atoms with E-state index in [9.17, 15) is 18.0 Å². The molecule has 1 atom stereocenters. The normalized spacial score (nSPS) is 13.2. The van der Waals surface area contributed by atoms with Crippen LogP contribution in [-0.2, 0) is 21.4 Å². The molecule has 3 aromatic carbocycles. The first-order valence-corrected chi connectivity index (χ1v) is 12.4. The Hall–Kier alpha value is -3.89. The van der Waals surface area contributed by atoms with Crippen molar-refractivity contribution < 1.29 is 27.5 Å². The third kappa shape index (κ3) is 5.97. The molecule has 182 valence electrons. The fourth-order valence-corrected chi connectivity index (χ4v) is 4.52. The second kappa shape index (κ2) is 10.2. The number of carbonyl (C=O) groups excluding carboxylic acids is 2. The summed E-state index contributed by atoms with van der Waals surface area (Å²) in [5, 5.41) is 5.53. The lowest BCUT2D eigenvalue weighted by atomic mass is 10.1. The molecule has 0 radical (unpaired) electrons. The van der Waals surface area contributed by atoms with Crippen molar-refractivity contribution >= 4 is 27.5 Å². The largest absolute Gasteiger partial charge is 0.454 e. The highest BCUT2D eigenvalue weighted by Gasteiger charge is 2.18. The van der Waals surface area contributed by atoms with Crippen LogP contribution in [0.15, 0.2) is 71.6 Å². The molecule has 2 amide bonds. The Labute approximate surface area is 203 Å². The number of amides is 2. The molecule has 0 aliphatic carbocycles. The van der Waals surface area contributed by atoms with E-state index in [0.717, 1.165) is 5.56 Å². The van der Waals surface area contributed by atoms with Crippen molar-refractivity contribution in [2.45, 2.75) is 31.3 Å². The third-order valence-corrected chi connectivity index (χ3v) is 6.83. The second-order valence-corrected chi connectivity index (χ2v) is 9.80. The molecule has 0 fully saturated rings. The van der Waals surface area contributed by atoms with E-state index in [2.05, 4.69) is 15.4 Å². The molecule has 0 aromatic heterocycles. The molecule has 0 spiro atoms. The molecule has 1 aliphatic heterocycles. The van der Waals surface area contributed by atoms with Crippen LogP contribution >= 0.6 is 0 Å². The first-order chi connectivity index (χ1) is 16.7. The Morgan fingerprint density at radius 3 is 2.31 bits per heavy atom. The molecule has 0 saturated heterocycles. The molecule has 0 bridgehead atoms. The zero-order valence-corrected chi connectivity index (χ0v) is 20.0. The Balaban J connectivity index is 1.33. The van der Waals surface area contributed by atoms with Crippen molar-refractivity contribution in [3.63, 3.8) is 0 Å². The molecule has 3 aromatic rings. The topological polar surface area (TPSA) is 123 Å². The number of benzene rings is 3. The minimum atomic E-state index is -3.74. The van der Waals surface area contributed by atoms with Gasteiger partial charge in [-0.2, -0.15) is 0 Å². The molecule has 3 N–H and O–H groups in total. The van der Waals surface area contributed by atoms with Gasteiger partial charge in [-0.1, -0.05) is 18.2 Å². The Morgan fingerprint density at radius 1 is 0.943 bits per heavy atom. The lowest BCUT2D eigenvalue weighted by molar-refractivity contribution is -0.114. The van der Waals surface area contributed by atoms with Gasteiger partial charge in [0.15, 0.2) is 11.5 Å². The SMILES string of the molecule is CC(=O)Nc1ccc(S(=O)(=O)NCc2ccc(C(=O)N[C@@H](C)c3ccc4c(c3)OCO4)cc2)cc1. The quantitative estimate of drug-likeness (QED) is 0.441. The fourth-order valence-electron chi connectivity index (χ4n) is 3.50. The summed E-state index contributed by atoms with van der Waals surface area (Å²) in [6.45, 7) is 3.50. The van der Waals surface area contributed by atoms with Gasteiger partial charge in [0.1, 0.15) is 0 Å². The Morgan fingerprint density at radius 2 is 1.63 bits per heavy atom. The number of anilines is 1. The number of fused-ring (bicyclic) bond motifs is 1. The number of nitrogens with one attached hydrogen (secondary N) is 3. The monoisotopic (exact) mass is 495 g/mol. The van der Waals surface area contributed by atoms with Crippen molar-refractivity contribution in [2.24, 2.45) is 0 Å². The van der Waals surface area contributed by atoms with Gasteiger partial charge in [0.05, 0.1) is 10.9 Å². The van der Waals surface area contributed by atoms with Crippen LogP contribution in [0.3, 0.4) is 0 Å². The summed E-state index contributed by atoms with van der Waals surface area (Å²) in [6, 6.07) is 17.9. The molecule has 10 heteroatoms. The Kier molecular flexibility index (Phi) is 7.04. The minimum absolute atomic E-state index is 0.0608. The highest BCUT2D eigenvalue weighted by Crippen LogP contribution is 2.34. The maximum absolute atomic E-state index is 12.7. The molecule has 0 saturated carbocycles. The van der Waals surface area contributed by atoms with Crippen LogP contribution in [0.4, 0.5) is 5.69 Å². The average Bonchev–Trinajstić information content (AvgIpc) is 3.31. The molecule has 0 unspecified atom stereocenters. The maximum Gasteiger partial charge on any atom is 0.251 e. The fraction of sp³-hybridized carbons (Fsp3) is 0.200. The van der Waals surface area contributed by atoms with E-state index in [1.54, 1.807) is 24.3 Å². The van der Waals surface area contributed by atoms with E-state index < -0.39 is 10.0 Å². The van der Waals surface area contributed by atoms with E-state index in [0.29, 0.717) is 28.3 Å². The van der Waals surface area contributed by atoms with Crippen molar-refractivity contribution in [3.8, 4) is 11.5 Å². The first kappa shape index (κ1) is 24.2. The summed E-state index contributed by atoms with van der Waals surface area (Å²) in [4.78, 5) is 23.8. The van der Waals surface area contributed by atoms with Gasteiger partial charge in [-0.25, -0.2) is 13.1 Å². The summed E-state index contributed by atoms with van der Waals surface area (Å²) in [5.41, 5.74) is 2.55.